The van der Waals surface area contributed by atoms with Gasteiger partial charge in [0.05, 0.1) is 11.2 Å². The van der Waals surface area contributed by atoms with Crippen LogP contribution in [0.3, 0.4) is 0 Å². The van der Waals surface area contributed by atoms with Crippen LogP contribution in [0, 0.1) is 0 Å². The third kappa shape index (κ3) is 2.35. The maximum absolute atomic E-state index is 10.2. The number of aromatic nitrogens is 1. The Labute approximate surface area is 175 Å². The van der Waals surface area contributed by atoms with Gasteiger partial charge in [-0.05, 0) is 23.3 Å². The van der Waals surface area contributed by atoms with Gasteiger partial charge in [0.15, 0.2) is 0 Å². The molecule has 2 atom stereocenters. The summed E-state index contributed by atoms with van der Waals surface area (Å²) in [6.45, 7) is 0. The molecule has 144 valence electrons. The molecule has 0 amide bonds. The van der Waals surface area contributed by atoms with Gasteiger partial charge in [-0.15, -0.1) is 0 Å². The van der Waals surface area contributed by atoms with Gasteiger partial charge in [0.1, 0.15) is 0 Å². The molecule has 4 heteroatoms. The van der Waals surface area contributed by atoms with E-state index in [2.05, 4.69) is 71.3 Å². The van der Waals surface area contributed by atoms with Gasteiger partial charge in [0.25, 0.3) is 0 Å². The van der Waals surface area contributed by atoms with Gasteiger partial charge in [0, 0.05) is 33.9 Å². The quantitative estimate of drug-likeness (QED) is 0.503. The summed E-state index contributed by atoms with van der Waals surface area (Å²) in [5, 5.41) is 21.5. The van der Waals surface area contributed by atoms with Gasteiger partial charge >= 0.3 is 7.12 Å². The molecule has 2 aliphatic carbocycles. The van der Waals surface area contributed by atoms with Crippen LogP contribution in [0.1, 0.15) is 23.0 Å². The first-order valence-corrected chi connectivity index (χ1v) is 10.3. The zero-order valence-corrected chi connectivity index (χ0v) is 16.3. The number of hydrogen-bond acceptors (Lipinski definition) is 2. The van der Waals surface area contributed by atoms with Crippen molar-refractivity contribution in [1.82, 2.24) is 4.57 Å². The van der Waals surface area contributed by atoms with E-state index in [1.165, 1.54) is 16.7 Å². The molecule has 1 aromatic heterocycles. The molecule has 3 nitrogen and oxygen atoms in total. The summed E-state index contributed by atoms with van der Waals surface area (Å²) in [7, 11) is -1.54. The molecule has 0 saturated heterocycles. The Morgan fingerprint density at radius 2 is 1.47 bits per heavy atom. The van der Waals surface area contributed by atoms with Gasteiger partial charge < -0.3 is 14.6 Å². The van der Waals surface area contributed by atoms with E-state index in [0.29, 0.717) is 5.46 Å². The van der Waals surface area contributed by atoms with Crippen LogP contribution in [0.25, 0.3) is 27.8 Å². The van der Waals surface area contributed by atoms with Crippen molar-refractivity contribution in [3.05, 3.63) is 108 Å². The Morgan fingerprint density at radius 1 is 0.733 bits per heavy atom. The number of benzene rings is 3. The maximum Gasteiger partial charge on any atom is 0.490 e. The fourth-order valence-electron chi connectivity index (χ4n) is 5.22. The molecule has 0 radical (unpaired) electrons. The molecule has 2 N–H and O–H groups in total. The van der Waals surface area contributed by atoms with Crippen molar-refractivity contribution in [3.8, 4) is 16.9 Å². The van der Waals surface area contributed by atoms with Crippen molar-refractivity contribution >= 4 is 23.5 Å². The van der Waals surface area contributed by atoms with Crippen LogP contribution in [-0.4, -0.2) is 21.7 Å². The van der Waals surface area contributed by atoms with E-state index < -0.39 is 7.12 Å². The third-order valence-corrected chi connectivity index (χ3v) is 6.40. The Kier molecular flexibility index (Phi) is 3.85. The van der Waals surface area contributed by atoms with Crippen LogP contribution in [0.5, 0.6) is 0 Å². The smallest absolute Gasteiger partial charge is 0.423 e. The number of hydrogen-bond donors (Lipinski definition) is 2. The second kappa shape index (κ2) is 6.59. The highest BCUT2D eigenvalue weighted by Crippen LogP contribution is 2.53. The van der Waals surface area contributed by atoms with Crippen LogP contribution >= 0.6 is 0 Å². The predicted octanol–water partition coefficient (Wildman–Crippen LogP) is 4.28. The van der Waals surface area contributed by atoms with E-state index in [1.54, 1.807) is 6.07 Å². The molecule has 4 aromatic rings. The molecule has 1 heterocycles. The Hall–Kier alpha value is -3.34. The van der Waals surface area contributed by atoms with Crippen LogP contribution < -0.4 is 5.46 Å². The molecule has 0 fully saturated rings. The van der Waals surface area contributed by atoms with E-state index in [-0.39, 0.29) is 11.8 Å². The summed E-state index contributed by atoms with van der Waals surface area (Å²) >= 11 is 0. The first kappa shape index (κ1) is 17.5. The van der Waals surface area contributed by atoms with Crippen LogP contribution in [-0.2, 0) is 0 Å². The molecular weight excluding hydrogens is 369 g/mol. The van der Waals surface area contributed by atoms with Crippen LogP contribution in [0.15, 0.2) is 97.1 Å². The molecular formula is C26H20BNO2. The minimum Gasteiger partial charge on any atom is -0.423 e. The average molecular weight is 389 g/mol. The second-order valence-corrected chi connectivity index (χ2v) is 7.96. The molecule has 0 saturated carbocycles. The lowest BCUT2D eigenvalue weighted by Crippen LogP contribution is -2.31. The molecule has 0 aliphatic heterocycles. The zero-order valence-electron chi connectivity index (χ0n) is 16.3. The minimum absolute atomic E-state index is 0.207. The van der Waals surface area contributed by atoms with Crippen LogP contribution in [0.4, 0.5) is 0 Å². The Morgan fingerprint density at radius 3 is 2.27 bits per heavy atom. The SMILES string of the molecule is OB(O)c1cccc2c3c(n(-c4ccccc4)c12)-c1ccccc1C1C=CC=CC31. The minimum atomic E-state index is -1.54. The van der Waals surface area contributed by atoms with Gasteiger partial charge in [-0.1, -0.05) is 85.0 Å². The van der Waals surface area contributed by atoms with Gasteiger partial charge in [-0.2, -0.15) is 0 Å². The van der Waals surface area contributed by atoms with Gasteiger partial charge in [-0.3, -0.25) is 0 Å². The van der Waals surface area contributed by atoms with Gasteiger partial charge in [-0.25, -0.2) is 0 Å². The summed E-state index contributed by atoms with van der Waals surface area (Å²) in [5.41, 5.74) is 7.30. The van der Waals surface area contributed by atoms with Crippen molar-refractivity contribution in [2.75, 3.05) is 0 Å². The van der Waals surface area contributed by atoms with E-state index in [1.807, 2.05) is 24.3 Å². The monoisotopic (exact) mass is 389 g/mol. The maximum atomic E-state index is 10.2. The summed E-state index contributed by atoms with van der Waals surface area (Å²) in [4.78, 5) is 0. The molecule has 30 heavy (non-hydrogen) atoms. The van der Waals surface area contributed by atoms with E-state index in [9.17, 15) is 10.0 Å². The summed E-state index contributed by atoms with van der Waals surface area (Å²) < 4.78 is 2.21. The number of nitrogens with zero attached hydrogens (tertiary/aromatic N) is 1. The molecule has 2 aliphatic rings. The first-order chi connectivity index (χ1) is 14.8. The van der Waals surface area contributed by atoms with E-state index >= 15 is 0 Å². The lowest BCUT2D eigenvalue weighted by Gasteiger charge is -2.33. The van der Waals surface area contributed by atoms with Crippen molar-refractivity contribution in [2.45, 2.75) is 11.8 Å². The largest absolute Gasteiger partial charge is 0.490 e. The molecule has 0 spiro atoms. The first-order valence-electron chi connectivity index (χ1n) is 10.3. The van der Waals surface area contributed by atoms with Crippen molar-refractivity contribution in [1.29, 1.82) is 0 Å². The van der Waals surface area contributed by atoms with E-state index in [0.717, 1.165) is 22.3 Å². The standard InChI is InChI=1S/C26H20BNO2/c29-27(30)23-16-8-15-22-24-20-13-6-4-11-18(20)19-12-5-7-14-21(19)26(24)28(25(22)23)17-9-2-1-3-10-17/h1-16,18,20,29-30H. The highest BCUT2D eigenvalue weighted by molar-refractivity contribution is 6.61. The highest BCUT2D eigenvalue weighted by Gasteiger charge is 2.37. The molecule has 0 bridgehead atoms. The van der Waals surface area contributed by atoms with E-state index in [4.69, 9.17) is 0 Å². The normalized spacial score (nSPS) is 18.7. The van der Waals surface area contributed by atoms with Crippen molar-refractivity contribution < 1.29 is 10.0 Å². The molecule has 2 unspecified atom stereocenters. The lowest BCUT2D eigenvalue weighted by molar-refractivity contribution is 0.426. The Balaban J connectivity index is 1.83. The fourth-order valence-corrected chi connectivity index (χ4v) is 5.22. The number of rotatable bonds is 2. The summed E-state index contributed by atoms with van der Waals surface area (Å²) in [6.07, 6.45) is 8.80. The number of para-hydroxylation sites is 2. The van der Waals surface area contributed by atoms with Crippen molar-refractivity contribution in [2.24, 2.45) is 0 Å². The van der Waals surface area contributed by atoms with Crippen LogP contribution in [0.2, 0.25) is 0 Å². The van der Waals surface area contributed by atoms with Crippen molar-refractivity contribution in [3.63, 3.8) is 0 Å². The Bertz CT molecular complexity index is 1330. The fraction of sp³-hybridized carbons (Fsp3) is 0.0769. The predicted molar refractivity (Wildman–Crippen MR) is 122 cm³/mol. The number of allylic oxidation sites excluding steroid dienone is 4. The van der Waals surface area contributed by atoms with Gasteiger partial charge in [0.2, 0.25) is 0 Å². The highest BCUT2D eigenvalue weighted by atomic mass is 16.4. The lowest BCUT2D eigenvalue weighted by atomic mass is 9.71. The number of fused-ring (bicyclic) bond motifs is 8. The zero-order chi connectivity index (χ0) is 20.2. The summed E-state index contributed by atoms with van der Waals surface area (Å²) in [6, 6.07) is 24.6. The second-order valence-electron chi connectivity index (χ2n) is 7.96. The average Bonchev–Trinajstić information content (AvgIpc) is 3.15. The third-order valence-electron chi connectivity index (χ3n) is 6.40. The molecule has 6 rings (SSSR count). The molecule has 3 aromatic carbocycles. The topological polar surface area (TPSA) is 45.4 Å². The summed E-state index contributed by atoms with van der Waals surface area (Å²) in [5.74, 6) is 0.481.